The summed E-state index contributed by atoms with van der Waals surface area (Å²) in [5, 5.41) is 3.08. The molecule has 78 valence electrons. The first-order valence-electron chi connectivity index (χ1n) is 4.43. The Morgan fingerprint density at radius 2 is 1.93 bits per heavy atom. The van der Waals surface area contributed by atoms with Crippen LogP contribution in [0.25, 0.3) is 0 Å². The van der Waals surface area contributed by atoms with Crippen LogP contribution in [0.5, 0.6) is 0 Å². The fourth-order valence-electron chi connectivity index (χ4n) is 1.38. The van der Waals surface area contributed by atoms with Crippen molar-refractivity contribution in [3.05, 3.63) is 56.2 Å². The van der Waals surface area contributed by atoms with Crippen molar-refractivity contribution in [3.8, 4) is 0 Å². The molecular formula is C11H9Cl2NS. The zero-order valence-corrected chi connectivity index (χ0v) is 10.1. The van der Waals surface area contributed by atoms with Crippen LogP contribution in [0.2, 0.25) is 10.0 Å². The molecule has 2 aromatic rings. The van der Waals surface area contributed by atoms with Gasteiger partial charge < -0.3 is 5.73 Å². The second-order valence-corrected chi connectivity index (χ2v) is 4.90. The Hall–Kier alpha value is -0.540. The van der Waals surface area contributed by atoms with Crippen molar-refractivity contribution < 1.29 is 0 Å². The van der Waals surface area contributed by atoms with Gasteiger partial charge in [0.05, 0.1) is 16.1 Å². The van der Waals surface area contributed by atoms with Gasteiger partial charge in [-0.25, -0.2) is 0 Å². The molecule has 15 heavy (non-hydrogen) atoms. The summed E-state index contributed by atoms with van der Waals surface area (Å²) in [5.41, 5.74) is 6.97. The average Bonchev–Trinajstić information content (AvgIpc) is 2.74. The summed E-state index contributed by atoms with van der Waals surface area (Å²) in [7, 11) is 0. The van der Waals surface area contributed by atoms with E-state index in [-0.39, 0.29) is 6.04 Å². The molecule has 0 aliphatic carbocycles. The molecule has 2 rings (SSSR count). The van der Waals surface area contributed by atoms with Crippen LogP contribution in [-0.2, 0) is 0 Å². The lowest BCUT2D eigenvalue weighted by Gasteiger charge is -2.12. The first-order valence-corrected chi connectivity index (χ1v) is 6.06. The van der Waals surface area contributed by atoms with Gasteiger partial charge in [-0.1, -0.05) is 41.4 Å². The van der Waals surface area contributed by atoms with Gasteiger partial charge >= 0.3 is 0 Å². The Balaban J connectivity index is 2.42. The van der Waals surface area contributed by atoms with Crippen molar-refractivity contribution in [2.75, 3.05) is 0 Å². The van der Waals surface area contributed by atoms with E-state index in [0.29, 0.717) is 10.0 Å². The van der Waals surface area contributed by atoms with Crippen molar-refractivity contribution in [1.82, 2.24) is 0 Å². The van der Waals surface area contributed by atoms with Gasteiger partial charge in [0.1, 0.15) is 0 Å². The van der Waals surface area contributed by atoms with Crippen LogP contribution in [0.3, 0.4) is 0 Å². The van der Waals surface area contributed by atoms with E-state index in [0.717, 1.165) is 10.4 Å². The van der Waals surface area contributed by atoms with Gasteiger partial charge in [-0.2, -0.15) is 0 Å². The summed E-state index contributed by atoms with van der Waals surface area (Å²) in [5.74, 6) is 0. The van der Waals surface area contributed by atoms with Crippen molar-refractivity contribution in [2.24, 2.45) is 5.73 Å². The van der Waals surface area contributed by atoms with Crippen molar-refractivity contribution >= 4 is 34.5 Å². The second kappa shape index (κ2) is 4.54. The number of hydrogen-bond acceptors (Lipinski definition) is 2. The molecule has 0 bridgehead atoms. The number of thiophene rings is 1. The van der Waals surface area contributed by atoms with Gasteiger partial charge in [0.25, 0.3) is 0 Å². The van der Waals surface area contributed by atoms with Crippen LogP contribution in [0, 0.1) is 0 Å². The van der Waals surface area contributed by atoms with Crippen LogP contribution in [0.15, 0.2) is 35.7 Å². The highest BCUT2D eigenvalue weighted by Crippen LogP contribution is 2.33. The molecular weight excluding hydrogens is 249 g/mol. The summed E-state index contributed by atoms with van der Waals surface area (Å²) in [4.78, 5) is 1.08. The highest BCUT2D eigenvalue weighted by atomic mass is 35.5. The van der Waals surface area contributed by atoms with E-state index in [1.165, 1.54) is 0 Å². The largest absolute Gasteiger partial charge is 0.320 e. The van der Waals surface area contributed by atoms with Gasteiger partial charge in [-0.15, -0.1) is 11.3 Å². The smallest absolute Gasteiger partial charge is 0.0661 e. The van der Waals surface area contributed by atoms with Crippen LogP contribution >= 0.6 is 34.5 Å². The Morgan fingerprint density at radius 3 is 2.60 bits per heavy atom. The molecule has 2 N–H and O–H groups in total. The van der Waals surface area contributed by atoms with Crippen LogP contribution in [0.1, 0.15) is 16.5 Å². The van der Waals surface area contributed by atoms with E-state index < -0.39 is 0 Å². The van der Waals surface area contributed by atoms with Crippen molar-refractivity contribution in [1.29, 1.82) is 0 Å². The van der Waals surface area contributed by atoms with E-state index in [2.05, 4.69) is 0 Å². The SMILES string of the molecule is NC(c1cccs1)c1cccc(Cl)c1Cl. The fraction of sp³-hybridized carbons (Fsp3) is 0.0909. The Labute approximate surface area is 102 Å². The molecule has 0 amide bonds. The molecule has 1 nitrogen and oxygen atoms in total. The molecule has 4 heteroatoms. The summed E-state index contributed by atoms with van der Waals surface area (Å²) >= 11 is 13.6. The third kappa shape index (κ3) is 2.18. The zero-order valence-electron chi connectivity index (χ0n) is 7.78. The van der Waals surface area contributed by atoms with E-state index in [1.807, 2.05) is 29.6 Å². The van der Waals surface area contributed by atoms with Gasteiger partial charge in [0.15, 0.2) is 0 Å². The molecule has 0 radical (unpaired) electrons. The molecule has 1 atom stereocenters. The quantitative estimate of drug-likeness (QED) is 0.862. The van der Waals surface area contributed by atoms with E-state index in [4.69, 9.17) is 28.9 Å². The minimum atomic E-state index is -0.198. The molecule has 1 heterocycles. The van der Waals surface area contributed by atoms with E-state index in [1.54, 1.807) is 17.4 Å². The highest BCUT2D eigenvalue weighted by Gasteiger charge is 2.14. The third-order valence-electron chi connectivity index (χ3n) is 2.17. The molecule has 1 unspecified atom stereocenters. The number of benzene rings is 1. The minimum absolute atomic E-state index is 0.198. The molecule has 0 aliphatic heterocycles. The number of halogens is 2. The number of nitrogens with two attached hydrogens (primary N) is 1. The number of hydrogen-bond donors (Lipinski definition) is 1. The maximum absolute atomic E-state index is 6.10. The van der Waals surface area contributed by atoms with Gasteiger partial charge in [0.2, 0.25) is 0 Å². The second-order valence-electron chi connectivity index (χ2n) is 3.14. The summed E-state index contributed by atoms with van der Waals surface area (Å²) in [6, 6.07) is 9.28. The Kier molecular flexibility index (Phi) is 3.32. The van der Waals surface area contributed by atoms with E-state index >= 15 is 0 Å². The average molecular weight is 258 g/mol. The first-order chi connectivity index (χ1) is 7.20. The summed E-state index contributed by atoms with van der Waals surface area (Å²) in [6.45, 7) is 0. The molecule has 0 saturated carbocycles. The van der Waals surface area contributed by atoms with Crippen LogP contribution in [0.4, 0.5) is 0 Å². The Morgan fingerprint density at radius 1 is 1.13 bits per heavy atom. The molecule has 0 fully saturated rings. The zero-order chi connectivity index (χ0) is 10.8. The molecule has 0 spiro atoms. The first kappa shape index (κ1) is 11.0. The lowest BCUT2D eigenvalue weighted by Crippen LogP contribution is -2.10. The minimum Gasteiger partial charge on any atom is -0.320 e. The predicted octanol–water partition coefficient (Wildman–Crippen LogP) is 4.10. The summed E-state index contributed by atoms with van der Waals surface area (Å²) < 4.78 is 0. The predicted molar refractivity (Wildman–Crippen MR) is 66.8 cm³/mol. The highest BCUT2D eigenvalue weighted by molar-refractivity contribution is 7.10. The van der Waals surface area contributed by atoms with E-state index in [9.17, 15) is 0 Å². The maximum atomic E-state index is 6.10. The molecule has 0 saturated heterocycles. The third-order valence-corrected chi connectivity index (χ3v) is 3.96. The monoisotopic (exact) mass is 257 g/mol. The topological polar surface area (TPSA) is 26.0 Å². The lowest BCUT2D eigenvalue weighted by molar-refractivity contribution is 0.894. The molecule has 0 aliphatic rings. The standard InChI is InChI=1S/C11H9Cl2NS/c12-8-4-1-3-7(10(8)13)11(14)9-5-2-6-15-9/h1-6,11H,14H2. The summed E-state index contributed by atoms with van der Waals surface area (Å²) in [6.07, 6.45) is 0. The Bertz CT molecular complexity index is 454. The maximum Gasteiger partial charge on any atom is 0.0661 e. The lowest BCUT2D eigenvalue weighted by atomic mass is 10.1. The van der Waals surface area contributed by atoms with Crippen LogP contribution < -0.4 is 5.73 Å². The van der Waals surface area contributed by atoms with Gasteiger partial charge in [-0.3, -0.25) is 0 Å². The van der Waals surface area contributed by atoms with Crippen molar-refractivity contribution in [2.45, 2.75) is 6.04 Å². The van der Waals surface area contributed by atoms with Crippen LogP contribution in [-0.4, -0.2) is 0 Å². The normalized spacial score (nSPS) is 12.7. The van der Waals surface area contributed by atoms with Gasteiger partial charge in [-0.05, 0) is 23.1 Å². The molecule has 1 aromatic carbocycles. The van der Waals surface area contributed by atoms with Gasteiger partial charge in [0, 0.05) is 4.88 Å². The number of rotatable bonds is 2. The molecule has 1 aromatic heterocycles. The fourth-order valence-corrected chi connectivity index (χ4v) is 2.55. The van der Waals surface area contributed by atoms with Crippen molar-refractivity contribution in [3.63, 3.8) is 0 Å².